The van der Waals surface area contributed by atoms with Gasteiger partial charge in [-0.25, -0.2) is 17.7 Å². The average Bonchev–Trinajstić information content (AvgIpc) is 2.36. The predicted octanol–water partition coefficient (Wildman–Crippen LogP) is 1.27. The molecule has 1 aromatic heterocycles. The summed E-state index contributed by atoms with van der Waals surface area (Å²) in [6, 6.07) is 3.85. The Kier molecular flexibility index (Phi) is 4.42. The van der Waals surface area contributed by atoms with Crippen LogP contribution >= 0.6 is 0 Å². The molecule has 1 aromatic rings. The molecule has 0 aromatic carbocycles. The van der Waals surface area contributed by atoms with Gasteiger partial charge in [0.2, 0.25) is 10.0 Å². The number of aryl methyl sites for hydroxylation is 1. The summed E-state index contributed by atoms with van der Waals surface area (Å²) in [4.78, 5) is 3.97. The van der Waals surface area contributed by atoms with Crippen molar-refractivity contribution >= 4 is 15.8 Å². The minimum atomic E-state index is -3.05. The zero-order valence-electron chi connectivity index (χ0n) is 11.2. The maximum absolute atomic E-state index is 11.6. The molecular formula is C13H21N3O2S. The first kappa shape index (κ1) is 14.3. The van der Waals surface area contributed by atoms with Crippen molar-refractivity contribution in [3.8, 4) is 0 Å². The first-order valence-electron chi connectivity index (χ1n) is 6.60. The number of hydrogen-bond acceptors (Lipinski definition) is 4. The van der Waals surface area contributed by atoms with Crippen molar-refractivity contribution in [2.24, 2.45) is 5.92 Å². The van der Waals surface area contributed by atoms with Crippen molar-refractivity contribution in [3.05, 3.63) is 23.9 Å². The molecule has 1 aliphatic heterocycles. The molecule has 0 spiro atoms. The van der Waals surface area contributed by atoms with E-state index in [1.54, 1.807) is 10.5 Å². The Balaban J connectivity index is 1.89. The fraction of sp³-hybridized carbons (Fsp3) is 0.615. The molecule has 1 unspecified atom stereocenters. The van der Waals surface area contributed by atoms with Crippen LogP contribution in [-0.2, 0) is 16.4 Å². The summed E-state index contributed by atoms with van der Waals surface area (Å²) in [5.41, 5.74) is 6.82. The predicted molar refractivity (Wildman–Crippen MR) is 76.1 cm³/mol. The lowest BCUT2D eigenvalue weighted by Gasteiger charge is -2.30. The lowest BCUT2D eigenvalue weighted by Crippen LogP contribution is -2.39. The number of nitrogen functional groups attached to an aromatic ring is 1. The highest BCUT2D eigenvalue weighted by atomic mass is 32.2. The Morgan fingerprint density at radius 3 is 3.00 bits per heavy atom. The Morgan fingerprint density at radius 1 is 1.53 bits per heavy atom. The van der Waals surface area contributed by atoms with E-state index in [4.69, 9.17) is 5.73 Å². The largest absolute Gasteiger partial charge is 0.384 e. The monoisotopic (exact) mass is 283 g/mol. The summed E-state index contributed by atoms with van der Waals surface area (Å²) in [6.45, 7) is 1.32. The quantitative estimate of drug-likeness (QED) is 0.902. The Hall–Kier alpha value is -1.14. The number of hydrogen-bond donors (Lipinski definition) is 1. The zero-order chi connectivity index (χ0) is 13.9. The first-order valence-corrected chi connectivity index (χ1v) is 8.45. The molecule has 6 heteroatoms. The number of aromatic nitrogens is 1. The number of anilines is 1. The van der Waals surface area contributed by atoms with E-state index in [0.717, 1.165) is 25.7 Å². The van der Waals surface area contributed by atoms with Gasteiger partial charge in [0.05, 0.1) is 6.26 Å². The van der Waals surface area contributed by atoms with Gasteiger partial charge in [0.1, 0.15) is 5.82 Å². The molecule has 0 radical (unpaired) electrons. The molecule has 0 bridgehead atoms. The number of nitrogens with two attached hydrogens (primary N) is 1. The maximum Gasteiger partial charge on any atom is 0.211 e. The van der Waals surface area contributed by atoms with E-state index in [1.165, 1.54) is 11.8 Å². The highest BCUT2D eigenvalue weighted by Gasteiger charge is 2.25. The van der Waals surface area contributed by atoms with Gasteiger partial charge in [-0.15, -0.1) is 0 Å². The van der Waals surface area contributed by atoms with Gasteiger partial charge >= 0.3 is 0 Å². The van der Waals surface area contributed by atoms with E-state index < -0.39 is 10.0 Å². The Bertz CT molecular complexity index is 530. The van der Waals surface area contributed by atoms with Crippen LogP contribution in [0.5, 0.6) is 0 Å². The lowest BCUT2D eigenvalue weighted by molar-refractivity contribution is 0.257. The first-order chi connectivity index (χ1) is 8.95. The van der Waals surface area contributed by atoms with Crippen LogP contribution in [0.15, 0.2) is 18.3 Å². The number of piperidine rings is 1. The van der Waals surface area contributed by atoms with E-state index in [0.29, 0.717) is 24.8 Å². The minimum absolute atomic E-state index is 0.442. The second-order valence-corrected chi connectivity index (χ2v) is 7.24. The van der Waals surface area contributed by atoms with Crippen molar-refractivity contribution in [2.75, 3.05) is 25.1 Å². The second kappa shape index (κ2) is 5.88. The standard InChI is InChI=1S/C13H21N3O2S/c1-19(17,18)16-8-2-3-12(10-16)5-4-11-6-7-15-13(14)9-11/h6-7,9,12H,2-5,8,10H2,1H3,(H2,14,15). The maximum atomic E-state index is 11.6. The molecule has 0 amide bonds. The molecule has 1 aliphatic rings. The molecule has 0 saturated carbocycles. The molecule has 19 heavy (non-hydrogen) atoms. The van der Waals surface area contributed by atoms with Crippen LogP contribution < -0.4 is 5.73 Å². The highest BCUT2D eigenvalue weighted by Crippen LogP contribution is 2.23. The molecule has 1 fully saturated rings. The number of sulfonamides is 1. The third-order valence-electron chi connectivity index (χ3n) is 3.64. The van der Waals surface area contributed by atoms with Crippen LogP contribution in [0.2, 0.25) is 0 Å². The topological polar surface area (TPSA) is 76.3 Å². The van der Waals surface area contributed by atoms with Crippen molar-refractivity contribution in [1.82, 2.24) is 9.29 Å². The van der Waals surface area contributed by atoms with Gasteiger partial charge in [0, 0.05) is 19.3 Å². The molecule has 1 saturated heterocycles. The minimum Gasteiger partial charge on any atom is -0.384 e. The van der Waals surface area contributed by atoms with Crippen molar-refractivity contribution in [3.63, 3.8) is 0 Å². The van der Waals surface area contributed by atoms with Crippen molar-refractivity contribution < 1.29 is 8.42 Å². The van der Waals surface area contributed by atoms with Gasteiger partial charge in [0.25, 0.3) is 0 Å². The molecule has 106 valence electrons. The fourth-order valence-corrected chi connectivity index (χ4v) is 3.53. The number of nitrogens with zero attached hydrogens (tertiary/aromatic N) is 2. The zero-order valence-corrected chi connectivity index (χ0v) is 12.1. The molecule has 1 atom stereocenters. The van der Waals surface area contributed by atoms with Gasteiger partial charge < -0.3 is 5.73 Å². The van der Waals surface area contributed by atoms with Gasteiger partial charge in [-0.05, 0) is 49.3 Å². The van der Waals surface area contributed by atoms with Crippen LogP contribution in [0, 0.1) is 5.92 Å². The summed E-state index contributed by atoms with van der Waals surface area (Å²) >= 11 is 0. The number of pyridine rings is 1. The summed E-state index contributed by atoms with van der Waals surface area (Å²) in [6.07, 6.45) is 6.99. The number of rotatable bonds is 4. The third kappa shape index (κ3) is 4.18. The van der Waals surface area contributed by atoms with E-state index in [2.05, 4.69) is 4.98 Å². The summed E-state index contributed by atoms with van der Waals surface area (Å²) < 4.78 is 24.7. The molecule has 2 N–H and O–H groups in total. The molecule has 5 nitrogen and oxygen atoms in total. The van der Waals surface area contributed by atoms with Crippen LogP contribution in [0.4, 0.5) is 5.82 Å². The molecule has 2 rings (SSSR count). The van der Waals surface area contributed by atoms with Crippen LogP contribution in [0.1, 0.15) is 24.8 Å². The Morgan fingerprint density at radius 2 is 2.32 bits per heavy atom. The Labute approximate surface area is 114 Å². The van der Waals surface area contributed by atoms with E-state index >= 15 is 0 Å². The third-order valence-corrected chi connectivity index (χ3v) is 4.91. The summed E-state index contributed by atoms with van der Waals surface area (Å²) in [5, 5.41) is 0. The van der Waals surface area contributed by atoms with E-state index in [1.807, 2.05) is 12.1 Å². The van der Waals surface area contributed by atoms with E-state index in [-0.39, 0.29) is 0 Å². The summed E-state index contributed by atoms with van der Waals surface area (Å²) in [7, 11) is -3.05. The van der Waals surface area contributed by atoms with Crippen molar-refractivity contribution in [1.29, 1.82) is 0 Å². The molecule has 2 heterocycles. The molecule has 0 aliphatic carbocycles. The SMILES string of the molecule is CS(=O)(=O)N1CCCC(CCc2ccnc(N)c2)C1. The van der Waals surface area contributed by atoms with Crippen molar-refractivity contribution in [2.45, 2.75) is 25.7 Å². The van der Waals surface area contributed by atoms with Crippen LogP contribution in [0.3, 0.4) is 0 Å². The van der Waals surface area contributed by atoms with Crippen LogP contribution in [-0.4, -0.2) is 37.1 Å². The van der Waals surface area contributed by atoms with Crippen LogP contribution in [0.25, 0.3) is 0 Å². The smallest absolute Gasteiger partial charge is 0.211 e. The van der Waals surface area contributed by atoms with E-state index in [9.17, 15) is 8.42 Å². The van der Waals surface area contributed by atoms with Gasteiger partial charge in [-0.2, -0.15) is 0 Å². The van der Waals surface area contributed by atoms with Gasteiger partial charge in [-0.3, -0.25) is 0 Å². The summed E-state index contributed by atoms with van der Waals surface area (Å²) in [5.74, 6) is 0.983. The van der Waals surface area contributed by atoms with Gasteiger partial charge in [0.15, 0.2) is 0 Å². The van der Waals surface area contributed by atoms with Gasteiger partial charge in [-0.1, -0.05) is 0 Å². The lowest BCUT2D eigenvalue weighted by atomic mass is 9.93. The normalized spacial score (nSPS) is 21.4. The fourth-order valence-electron chi connectivity index (χ4n) is 2.58. The second-order valence-electron chi connectivity index (χ2n) is 5.26. The average molecular weight is 283 g/mol. The molecular weight excluding hydrogens is 262 g/mol. The highest BCUT2D eigenvalue weighted by molar-refractivity contribution is 7.88.